The number of thiophene rings is 1. The lowest BCUT2D eigenvalue weighted by Gasteiger charge is -2.06. The number of pyridine rings is 2. The van der Waals surface area contributed by atoms with Crippen LogP contribution >= 0.6 is 11.3 Å². The Morgan fingerprint density at radius 3 is 2.77 bits per heavy atom. The molecule has 0 unspecified atom stereocenters. The molecule has 0 saturated heterocycles. The van der Waals surface area contributed by atoms with Gasteiger partial charge in [-0.15, -0.1) is 11.3 Å². The minimum Gasteiger partial charge on any atom is -0.321 e. The summed E-state index contributed by atoms with van der Waals surface area (Å²) in [4.78, 5) is 38.3. The second-order valence-corrected chi connectivity index (χ2v) is 6.42. The fourth-order valence-corrected chi connectivity index (χ4v) is 3.44. The van der Waals surface area contributed by atoms with Crippen molar-refractivity contribution in [3.8, 4) is 0 Å². The van der Waals surface area contributed by atoms with Gasteiger partial charge in [0, 0.05) is 24.0 Å². The van der Waals surface area contributed by atoms with Crippen molar-refractivity contribution in [3.05, 3.63) is 82.2 Å². The van der Waals surface area contributed by atoms with Crippen LogP contribution in [-0.2, 0) is 6.54 Å². The maximum atomic E-state index is 12.9. The third kappa shape index (κ3) is 3.09. The van der Waals surface area contributed by atoms with Crippen molar-refractivity contribution in [2.45, 2.75) is 6.54 Å². The molecule has 0 fully saturated rings. The fourth-order valence-electron chi connectivity index (χ4n) is 2.57. The van der Waals surface area contributed by atoms with E-state index in [1.165, 1.54) is 22.2 Å². The van der Waals surface area contributed by atoms with Crippen LogP contribution in [0.4, 0.5) is 5.69 Å². The number of hydrogen-bond donors (Lipinski definition) is 1. The summed E-state index contributed by atoms with van der Waals surface area (Å²) in [6, 6.07) is 7.13. The van der Waals surface area contributed by atoms with Crippen LogP contribution in [-0.4, -0.2) is 25.4 Å². The quantitative estimate of drug-likeness (QED) is 0.602. The summed E-state index contributed by atoms with van der Waals surface area (Å²) in [5.41, 5.74) is 1.57. The fraction of sp³-hybridized carbons (Fsp3) is 0.0556. The molecule has 128 valence electrons. The first-order valence-electron chi connectivity index (χ1n) is 7.79. The molecule has 4 rings (SSSR count). The molecule has 7 nitrogen and oxygen atoms in total. The third-order valence-electron chi connectivity index (χ3n) is 3.83. The van der Waals surface area contributed by atoms with E-state index in [4.69, 9.17) is 0 Å². The van der Waals surface area contributed by atoms with Crippen LogP contribution in [0.1, 0.15) is 15.9 Å². The van der Waals surface area contributed by atoms with E-state index in [1.807, 2.05) is 12.1 Å². The van der Waals surface area contributed by atoms with Crippen molar-refractivity contribution in [2.75, 3.05) is 5.32 Å². The number of nitrogens with zero attached hydrogens (tertiary/aromatic N) is 4. The van der Waals surface area contributed by atoms with E-state index < -0.39 is 0 Å². The lowest BCUT2D eigenvalue weighted by atomic mass is 10.2. The summed E-state index contributed by atoms with van der Waals surface area (Å²) in [5, 5.41) is 4.73. The maximum Gasteiger partial charge on any atom is 0.263 e. The monoisotopic (exact) mass is 363 g/mol. The smallest absolute Gasteiger partial charge is 0.263 e. The van der Waals surface area contributed by atoms with Gasteiger partial charge in [0.05, 0.1) is 35.7 Å². The van der Waals surface area contributed by atoms with Gasteiger partial charge in [-0.2, -0.15) is 0 Å². The Kier molecular flexibility index (Phi) is 4.24. The van der Waals surface area contributed by atoms with E-state index in [2.05, 4.69) is 20.3 Å². The molecule has 8 heteroatoms. The minimum atomic E-state index is -0.357. The first kappa shape index (κ1) is 16.1. The number of aromatic nitrogens is 4. The van der Waals surface area contributed by atoms with E-state index in [-0.39, 0.29) is 11.5 Å². The number of hydrogen-bond acceptors (Lipinski definition) is 6. The van der Waals surface area contributed by atoms with E-state index >= 15 is 0 Å². The van der Waals surface area contributed by atoms with Crippen molar-refractivity contribution in [1.29, 1.82) is 0 Å². The van der Waals surface area contributed by atoms with Crippen LogP contribution in [0.2, 0.25) is 0 Å². The van der Waals surface area contributed by atoms with Crippen molar-refractivity contribution >= 4 is 33.1 Å². The summed E-state index contributed by atoms with van der Waals surface area (Å²) in [7, 11) is 0. The summed E-state index contributed by atoms with van der Waals surface area (Å²) < 4.78 is 1.49. The molecular formula is C18H13N5O2S. The lowest BCUT2D eigenvalue weighted by molar-refractivity contribution is 0.102. The molecule has 4 heterocycles. The number of rotatable bonds is 4. The number of amides is 1. The van der Waals surface area contributed by atoms with Crippen LogP contribution in [0.3, 0.4) is 0 Å². The largest absolute Gasteiger partial charge is 0.321 e. The highest BCUT2D eigenvalue weighted by atomic mass is 32.1. The average molecular weight is 363 g/mol. The molecule has 0 aliphatic carbocycles. The predicted octanol–water partition coefficient (Wildman–Crippen LogP) is 2.55. The van der Waals surface area contributed by atoms with Crippen molar-refractivity contribution in [3.63, 3.8) is 0 Å². The molecule has 0 spiro atoms. The first-order chi connectivity index (χ1) is 12.7. The highest BCUT2D eigenvalue weighted by molar-refractivity contribution is 7.17. The van der Waals surface area contributed by atoms with Gasteiger partial charge in [-0.05, 0) is 29.8 Å². The average Bonchev–Trinajstić information content (AvgIpc) is 3.11. The molecule has 1 N–H and O–H groups in total. The van der Waals surface area contributed by atoms with E-state index in [0.29, 0.717) is 28.0 Å². The lowest BCUT2D eigenvalue weighted by Crippen LogP contribution is -2.23. The van der Waals surface area contributed by atoms with Crippen molar-refractivity contribution in [1.82, 2.24) is 19.5 Å². The zero-order valence-electron chi connectivity index (χ0n) is 13.5. The highest BCUT2D eigenvalue weighted by Gasteiger charge is 2.17. The molecule has 0 bridgehead atoms. The molecule has 4 aromatic rings. The van der Waals surface area contributed by atoms with E-state index in [1.54, 1.807) is 42.3 Å². The molecular weight excluding hydrogens is 350 g/mol. The number of nitrogens with one attached hydrogen (secondary N) is 1. The molecule has 0 atom stereocenters. The van der Waals surface area contributed by atoms with Crippen LogP contribution in [0.5, 0.6) is 0 Å². The Balaban J connectivity index is 1.71. The molecule has 1 amide bonds. The van der Waals surface area contributed by atoms with Gasteiger partial charge in [0.2, 0.25) is 0 Å². The zero-order valence-corrected chi connectivity index (χ0v) is 14.3. The van der Waals surface area contributed by atoms with Gasteiger partial charge in [0.1, 0.15) is 4.83 Å². The van der Waals surface area contributed by atoms with Gasteiger partial charge in [-0.3, -0.25) is 24.1 Å². The second kappa shape index (κ2) is 6.85. The van der Waals surface area contributed by atoms with Gasteiger partial charge < -0.3 is 5.32 Å². The Bertz CT molecular complexity index is 1120. The van der Waals surface area contributed by atoms with Crippen molar-refractivity contribution < 1.29 is 4.79 Å². The highest BCUT2D eigenvalue weighted by Crippen LogP contribution is 2.22. The zero-order chi connectivity index (χ0) is 17.9. The topological polar surface area (TPSA) is 89.8 Å². The summed E-state index contributed by atoms with van der Waals surface area (Å²) in [5.74, 6) is -0.357. The SMILES string of the molecule is O=C(Nc1cccnc1)c1csc2ncn(Cc3ccncc3)c(=O)c12. The normalized spacial score (nSPS) is 10.8. The molecule has 0 radical (unpaired) electrons. The maximum absolute atomic E-state index is 12.9. The minimum absolute atomic E-state index is 0.246. The van der Waals surface area contributed by atoms with Gasteiger partial charge >= 0.3 is 0 Å². The third-order valence-corrected chi connectivity index (χ3v) is 4.71. The first-order valence-corrected chi connectivity index (χ1v) is 8.67. The molecule has 0 saturated carbocycles. The standard InChI is InChI=1S/C18H13N5O2S/c24-16(22-13-2-1-5-20-8-13)14-10-26-17-15(14)18(25)23(11-21-17)9-12-3-6-19-7-4-12/h1-8,10-11H,9H2,(H,22,24). The summed E-state index contributed by atoms with van der Waals surface area (Å²) >= 11 is 1.27. The second-order valence-electron chi connectivity index (χ2n) is 5.56. The predicted molar refractivity (Wildman–Crippen MR) is 99.4 cm³/mol. The Labute approximate surface area is 152 Å². The van der Waals surface area contributed by atoms with Crippen LogP contribution in [0.25, 0.3) is 10.2 Å². The molecule has 26 heavy (non-hydrogen) atoms. The van der Waals surface area contributed by atoms with Crippen LogP contribution in [0, 0.1) is 0 Å². The summed E-state index contributed by atoms with van der Waals surface area (Å²) in [6.07, 6.45) is 8.02. The Morgan fingerprint density at radius 1 is 1.15 bits per heavy atom. The molecule has 4 aromatic heterocycles. The van der Waals surface area contributed by atoms with Gasteiger partial charge in [-0.1, -0.05) is 0 Å². The van der Waals surface area contributed by atoms with Gasteiger partial charge in [0.15, 0.2) is 0 Å². The van der Waals surface area contributed by atoms with Crippen LogP contribution in [0.15, 0.2) is 65.6 Å². The molecule has 0 aliphatic heterocycles. The van der Waals surface area contributed by atoms with Crippen molar-refractivity contribution in [2.24, 2.45) is 0 Å². The van der Waals surface area contributed by atoms with E-state index in [9.17, 15) is 9.59 Å². The molecule has 0 aliphatic rings. The number of carbonyl (C=O) groups excluding carboxylic acids is 1. The number of fused-ring (bicyclic) bond motifs is 1. The number of carbonyl (C=O) groups is 1. The van der Waals surface area contributed by atoms with E-state index in [0.717, 1.165) is 5.56 Å². The van der Waals surface area contributed by atoms with Gasteiger partial charge in [0.25, 0.3) is 11.5 Å². The van der Waals surface area contributed by atoms with Crippen LogP contribution < -0.4 is 10.9 Å². The Morgan fingerprint density at radius 2 is 2.00 bits per heavy atom. The van der Waals surface area contributed by atoms with Gasteiger partial charge in [-0.25, -0.2) is 4.98 Å². The summed E-state index contributed by atoms with van der Waals surface area (Å²) in [6.45, 7) is 0.365. The number of anilines is 1. The molecule has 0 aromatic carbocycles. The Hall–Kier alpha value is -3.39.